The Labute approximate surface area is 166 Å². The maximum absolute atomic E-state index is 10.4. The molecule has 7 nitrogen and oxygen atoms in total. The first-order valence-electron chi connectivity index (χ1n) is 9.94. The Kier molecular flexibility index (Phi) is 7.30. The predicted octanol–water partition coefficient (Wildman–Crippen LogP) is 2.04. The lowest BCUT2D eigenvalue weighted by Crippen LogP contribution is -2.35. The van der Waals surface area contributed by atoms with Gasteiger partial charge in [0.25, 0.3) is 0 Å². The van der Waals surface area contributed by atoms with Gasteiger partial charge in [-0.3, -0.25) is 4.68 Å². The molecular formula is C21H31N3O4. The zero-order valence-corrected chi connectivity index (χ0v) is 16.8. The number of aliphatic hydroxyl groups excluding tert-OH is 2. The van der Waals surface area contributed by atoms with Crippen LogP contribution in [-0.4, -0.2) is 58.6 Å². The summed E-state index contributed by atoms with van der Waals surface area (Å²) in [5.41, 5.74) is 3.09. The Balaban J connectivity index is 1.86. The average molecular weight is 389 g/mol. The molecule has 1 aromatic heterocycles. The highest BCUT2D eigenvalue weighted by molar-refractivity contribution is 5.58. The van der Waals surface area contributed by atoms with Gasteiger partial charge in [-0.2, -0.15) is 5.10 Å². The van der Waals surface area contributed by atoms with Gasteiger partial charge < -0.3 is 24.6 Å². The van der Waals surface area contributed by atoms with Crippen molar-refractivity contribution in [2.75, 3.05) is 31.3 Å². The molecule has 0 unspecified atom stereocenters. The molecule has 0 radical (unpaired) electrons. The minimum absolute atomic E-state index is 0.153. The molecule has 0 bridgehead atoms. The van der Waals surface area contributed by atoms with Gasteiger partial charge in [0, 0.05) is 38.5 Å². The molecule has 2 N–H and O–H groups in total. The number of benzene rings is 1. The maximum atomic E-state index is 10.4. The van der Waals surface area contributed by atoms with Crippen molar-refractivity contribution >= 4 is 5.69 Å². The number of hydrogen-bond acceptors (Lipinski definition) is 6. The highest BCUT2D eigenvalue weighted by Gasteiger charge is 2.21. The van der Waals surface area contributed by atoms with E-state index in [1.807, 2.05) is 49.1 Å². The third-order valence-corrected chi connectivity index (χ3v) is 5.05. The van der Waals surface area contributed by atoms with Gasteiger partial charge in [0.05, 0.1) is 30.7 Å². The molecule has 28 heavy (non-hydrogen) atoms. The van der Waals surface area contributed by atoms with E-state index in [0.717, 1.165) is 35.5 Å². The van der Waals surface area contributed by atoms with Crippen LogP contribution in [0, 0.1) is 6.92 Å². The van der Waals surface area contributed by atoms with Crippen LogP contribution in [0.15, 0.2) is 30.5 Å². The van der Waals surface area contributed by atoms with Crippen molar-refractivity contribution in [3.63, 3.8) is 0 Å². The molecular weight excluding hydrogens is 358 g/mol. The highest BCUT2D eigenvalue weighted by atomic mass is 16.5. The van der Waals surface area contributed by atoms with Gasteiger partial charge in [-0.1, -0.05) is 12.1 Å². The normalized spacial score (nSPS) is 22.2. The van der Waals surface area contributed by atoms with Crippen molar-refractivity contribution < 1.29 is 19.7 Å². The number of hydrogen-bond donors (Lipinski definition) is 2. The van der Waals surface area contributed by atoms with E-state index in [1.54, 1.807) is 0 Å². The first-order valence-corrected chi connectivity index (χ1v) is 9.94. The van der Waals surface area contributed by atoms with Crippen molar-refractivity contribution in [3.8, 4) is 5.75 Å². The molecule has 2 aromatic rings. The van der Waals surface area contributed by atoms with E-state index in [-0.39, 0.29) is 6.61 Å². The number of para-hydroxylation sites is 2. The summed E-state index contributed by atoms with van der Waals surface area (Å²) in [7, 11) is 1.91. The van der Waals surface area contributed by atoms with Gasteiger partial charge in [0.15, 0.2) is 0 Å². The minimum Gasteiger partial charge on any atom is -0.491 e. The zero-order valence-electron chi connectivity index (χ0n) is 16.8. The summed E-state index contributed by atoms with van der Waals surface area (Å²) in [6, 6.07) is 7.98. The van der Waals surface area contributed by atoms with E-state index in [9.17, 15) is 10.2 Å². The van der Waals surface area contributed by atoms with Gasteiger partial charge >= 0.3 is 0 Å². The van der Waals surface area contributed by atoms with Gasteiger partial charge in [-0.15, -0.1) is 0 Å². The fourth-order valence-corrected chi connectivity index (χ4v) is 3.42. The van der Waals surface area contributed by atoms with Crippen molar-refractivity contribution in [2.24, 2.45) is 7.05 Å². The van der Waals surface area contributed by atoms with Gasteiger partial charge in [-0.05, 0) is 38.3 Å². The van der Waals surface area contributed by atoms with Crippen LogP contribution in [0.4, 0.5) is 5.69 Å². The maximum Gasteiger partial charge on any atom is 0.142 e. The van der Waals surface area contributed by atoms with E-state index in [4.69, 9.17) is 9.47 Å². The number of ether oxygens (including phenoxy) is 2. The average Bonchev–Trinajstić information content (AvgIpc) is 3.00. The molecule has 2 atom stereocenters. The Bertz CT molecular complexity index is 749. The summed E-state index contributed by atoms with van der Waals surface area (Å²) >= 11 is 0. The molecule has 0 fully saturated rings. The number of fused-ring (bicyclic) bond motifs is 1. The van der Waals surface area contributed by atoms with Crippen LogP contribution in [0.25, 0.3) is 0 Å². The molecule has 0 amide bonds. The molecule has 3 rings (SSSR count). The molecule has 0 aliphatic carbocycles. The number of aliphatic hydroxyl groups is 2. The largest absolute Gasteiger partial charge is 0.491 e. The second-order valence-electron chi connectivity index (χ2n) is 7.36. The van der Waals surface area contributed by atoms with Crippen LogP contribution < -0.4 is 9.64 Å². The van der Waals surface area contributed by atoms with E-state index in [1.165, 1.54) is 0 Å². The third kappa shape index (κ3) is 5.47. The fourth-order valence-electron chi connectivity index (χ4n) is 3.42. The van der Waals surface area contributed by atoms with E-state index in [2.05, 4.69) is 10.00 Å². The van der Waals surface area contributed by atoms with Crippen LogP contribution in [0.1, 0.15) is 30.5 Å². The lowest BCUT2D eigenvalue weighted by Gasteiger charge is -2.29. The van der Waals surface area contributed by atoms with Gasteiger partial charge in [0.2, 0.25) is 0 Å². The highest BCUT2D eigenvalue weighted by Crippen LogP contribution is 2.30. The first-order chi connectivity index (χ1) is 13.5. The SMILES string of the molecule is Cc1nn(C)cc1CN1CC[C@H](O)[C@H](O)COCCCCOc2ccccc21. The third-order valence-electron chi connectivity index (χ3n) is 5.05. The Morgan fingerprint density at radius 1 is 1.14 bits per heavy atom. The number of aryl methyl sites for hydroxylation is 2. The molecule has 154 valence electrons. The Morgan fingerprint density at radius 3 is 2.71 bits per heavy atom. The fraction of sp³-hybridized carbons (Fsp3) is 0.571. The summed E-state index contributed by atoms with van der Waals surface area (Å²) in [6.45, 7) is 4.55. The van der Waals surface area contributed by atoms with Gasteiger partial charge in [-0.25, -0.2) is 0 Å². The smallest absolute Gasteiger partial charge is 0.142 e. The lowest BCUT2D eigenvalue weighted by atomic mass is 10.1. The molecule has 2 heterocycles. The summed E-state index contributed by atoms with van der Waals surface area (Å²) < 4.78 is 13.3. The Morgan fingerprint density at radius 2 is 1.93 bits per heavy atom. The standard InChI is InChI=1S/C21H31N3O4/c1-16-17(13-23(2)22-16)14-24-10-9-19(25)20(26)15-27-11-5-6-12-28-21-8-4-3-7-18(21)24/h3-4,7-8,13,19-20,25-26H,5-6,9-12,14-15H2,1-2H3/t19-,20+/m0/s1. The monoisotopic (exact) mass is 389 g/mol. The van der Waals surface area contributed by atoms with Crippen molar-refractivity contribution in [1.82, 2.24) is 9.78 Å². The number of anilines is 1. The molecule has 1 aliphatic heterocycles. The van der Waals surface area contributed by atoms with E-state index >= 15 is 0 Å². The van der Waals surface area contributed by atoms with Crippen LogP contribution >= 0.6 is 0 Å². The quantitative estimate of drug-likeness (QED) is 0.818. The molecule has 1 aliphatic rings. The predicted molar refractivity (Wildman–Crippen MR) is 108 cm³/mol. The minimum atomic E-state index is -0.878. The number of rotatable bonds is 2. The van der Waals surface area contributed by atoms with Crippen LogP contribution in [0.3, 0.4) is 0 Å². The molecule has 7 heteroatoms. The van der Waals surface area contributed by atoms with Crippen LogP contribution in [0.2, 0.25) is 0 Å². The molecule has 1 aromatic carbocycles. The topological polar surface area (TPSA) is 80.0 Å². The molecule has 0 spiro atoms. The van der Waals surface area contributed by atoms with E-state index < -0.39 is 12.2 Å². The molecule has 0 saturated carbocycles. The summed E-state index contributed by atoms with van der Waals surface area (Å²) in [5, 5.41) is 25.0. The van der Waals surface area contributed by atoms with Crippen LogP contribution in [0.5, 0.6) is 5.75 Å². The summed E-state index contributed by atoms with van der Waals surface area (Å²) in [4.78, 5) is 2.18. The van der Waals surface area contributed by atoms with Crippen molar-refractivity contribution in [2.45, 2.75) is 44.9 Å². The van der Waals surface area contributed by atoms with Crippen molar-refractivity contribution in [1.29, 1.82) is 0 Å². The number of aromatic nitrogens is 2. The van der Waals surface area contributed by atoms with Crippen molar-refractivity contribution in [3.05, 3.63) is 41.7 Å². The molecule has 0 saturated heterocycles. The zero-order chi connectivity index (χ0) is 19.9. The number of nitrogens with zero attached hydrogens (tertiary/aromatic N) is 3. The second-order valence-corrected chi connectivity index (χ2v) is 7.36. The first kappa shape index (κ1) is 20.6. The lowest BCUT2D eigenvalue weighted by molar-refractivity contribution is -0.0405. The second kappa shape index (κ2) is 9.91. The Hall–Kier alpha value is -2.09. The van der Waals surface area contributed by atoms with Gasteiger partial charge in [0.1, 0.15) is 11.9 Å². The van der Waals surface area contributed by atoms with Crippen LogP contribution in [-0.2, 0) is 18.3 Å². The summed E-state index contributed by atoms with van der Waals surface area (Å²) in [5.74, 6) is 0.831. The summed E-state index contributed by atoms with van der Waals surface area (Å²) in [6.07, 6.45) is 2.45. The van der Waals surface area contributed by atoms with E-state index in [0.29, 0.717) is 32.7 Å².